The summed E-state index contributed by atoms with van der Waals surface area (Å²) in [6, 6.07) is 9.14. The third-order valence-electron chi connectivity index (χ3n) is 4.97. The van der Waals surface area contributed by atoms with E-state index in [0.29, 0.717) is 0 Å². The number of nitrogen functional groups attached to an aromatic ring is 1. The summed E-state index contributed by atoms with van der Waals surface area (Å²) in [5.74, 6) is 0.995. The number of nitrogens with two attached hydrogens (primary N) is 1. The number of hydrogen-bond donors (Lipinski definition) is 1. The normalized spacial score (nSPS) is 23.1. The number of benzene rings is 1. The standard InChI is InChI=1S/C18H30N2/c1-3-15-8-12-18(13-9-15)20(2)14-4-5-16-6-10-17(19)11-7-16/h6-7,10-11,15,18H,3-5,8-9,12-14,19H2,1-2H3. The lowest BCUT2D eigenvalue weighted by Crippen LogP contribution is -2.35. The number of aryl methyl sites for hydroxylation is 1. The molecule has 1 aliphatic rings. The molecule has 0 atom stereocenters. The van der Waals surface area contributed by atoms with Gasteiger partial charge in [0, 0.05) is 11.7 Å². The van der Waals surface area contributed by atoms with Crippen LogP contribution < -0.4 is 5.73 Å². The van der Waals surface area contributed by atoms with E-state index < -0.39 is 0 Å². The SMILES string of the molecule is CCC1CCC(N(C)CCCc2ccc(N)cc2)CC1. The van der Waals surface area contributed by atoms with Gasteiger partial charge in [0.15, 0.2) is 0 Å². The van der Waals surface area contributed by atoms with Gasteiger partial charge in [-0.1, -0.05) is 25.5 Å². The molecule has 1 aromatic carbocycles. The second kappa shape index (κ2) is 7.68. The van der Waals surface area contributed by atoms with Gasteiger partial charge in [-0.25, -0.2) is 0 Å². The minimum atomic E-state index is 0.823. The Labute approximate surface area is 124 Å². The van der Waals surface area contributed by atoms with Gasteiger partial charge in [0.25, 0.3) is 0 Å². The van der Waals surface area contributed by atoms with E-state index in [1.807, 2.05) is 12.1 Å². The Morgan fingerprint density at radius 1 is 1.10 bits per heavy atom. The molecule has 0 saturated heterocycles. The van der Waals surface area contributed by atoms with E-state index >= 15 is 0 Å². The highest BCUT2D eigenvalue weighted by Crippen LogP contribution is 2.29. The molecule has 2 heteroatoms. The van der Waals surface area contributed by atoms with E-state index in [-0.39, 0.29) is 0 Å². The van der Waals surface area contributed by atoms with Crippen molar-refractivity contribution in [3.8, 4) is 0 Å². The highest BCUT2D eigenvalue weighted by atomic mass is 15.1. The van der Waals surface area contributed by atoms with Crippen molar-refractivity contribution < 1.29 is 0 Å². The molecule has 0 amide bonds. The zero-order chi connectivity index (χ0) is 14.4. The molecular formula is C18H30N2. The minimum absolute atomic E-state index is 0.823. The zero-order valence-corrected chi connectivity index (χ0v) is 13.1. The quantitative estimate of drug-likeness (QED) is 0.791. The van der Waals surface area contributed by atoms with Crippen molar-refractivity contribution in [3.05, 3.63) is 29.8 Å². The highest BCUT2D eigenvalue weighted by molar-refractivity contribution is 5.39. The van der Waals surface area contributed by atoms with Crippen LogP contribution in [0.2, 0.25) is 0 Å². The number of anilines is 1. The molecular weight excluding hydrogens is 244 g/mol. The predicted molar refractivity (Wildman–Crippen MR) is 87.8 cm³/mol. The third kappa shape index (κ3) is 4.52. The van der Waals surface area contributed by atoms with Crippen LogP contribution in [0.3, 0.4) is 0 Å². The van der Waals surface area contributed by atoms with Crippen LogP contribution in [0.15, 0.2) is 24.3 Å². The average Bonchev–Trinajstić information content (AvgIpc) is 2.49. The smallest absolute Gasteiger partial charge is 0.0314 e. The van der Waals surface area contributed by atoms with Crippen LogP contribution in [-0.2, 0) is 6.42 Å². The summed E-state index contributed by atoms with van der Waals surface area (Å²) in [4.78, 5) is 2.59. The molecule has 1 fully saturated rings. The lowest BCUT2D eigenvalue weighted by Gasteiger charge is -2.34. The van der Waals surface area contributed by atoms with Crippen molar-refractivity contribution in [2.45, 2.75) is 57.9 Å². The Morgan fingerprint density at radius 3 is 2.35 bits per heavy atom. The molecule has 0 heterocycles. The molecule has 1 aromatic rings. The third-order valence-corrected chi connectivity index (χ3v) is 4.97. The van der Waals surface area contributed by atoms with E-state index in [2.05, 4.69) is 31.0 Å². The van der Waals surface area contributed by atoms with Crippen molar-refractivity contribution in [2.24, 2.45) is 5.92 Å². The van der Waals surface area contributed by atoms with Gasteiger partial charge in [-0.3, -0.25) is 0 Å². The molecule has 20 heavy (non-hydrogen) atoms. The molecule has 2 nitrogen and oxygen atoms in total. The Balaban J connectivity index is 1.67. The summed E-state index contributed by atoms with van der Waals surface area (Å²) in [6.07, 6.45) is 9.44. The summed E-state index contributed by atoms with van der Waals surface area (Å²) in [6.45, 7) is 3.55. The largest absolute Gasteiger partial charge is 0.399 e. The van der Waals surface area contributed by atoms with Crippen molar-refractivity contribution in [3.63, 3.8) is 0 Å². The molecule has 2 N–H and O–H groups in total. The summed E-state index contributed by atoms with van der Waals surface area (Å²) in [5.41, 5.74) is 7.98. The maximum absolute atomic E-state index is 5.72. The summed E-state index contributed by atoms with van der Waals surface area (Å²) in [5, 5.41) is 0. The molecule has 0 spiro atoms. The first kappa shape index (κ1) is 15.4. The Hall–Kier alpha value is -1.02. The second-order valence-electron chi connectivity index (χ2n) is 6.41. The van der Waals surface area contributed by atoms with Crippen LogP contribution >= 0.6 is 0 Å². The van der Waals surface area contributed by atoms with Crippen LogP contribution in [0.4, 0.5) is 5.69 Å². The molecule has 2 rings (SSSR count). The van der Waals surface area contributed by atoms with Gasteiger partial charge in [0.05, 0.1) is 0 Å². The van der Waals surface area contributed by atoms with Gasteiger partial charge in [-0.2, -0.15) is 0 Å². The van der Waals surface area contributed by atoms with Gasteiger partial charge in [-0.05, 0) is 75.7 Å². The fourth-order valence-corrected chi connectivity index (χ4v) is 3.39. The summed E-state index contributed by atoms with van der Waals surface area (Å²) >= 11 is 0. The number of rotatable bonds is 6. The monoisotopic (exact) mass is 274 g/mol. The van der Waals surface area contributed by atoms with Crippen LogP contribution in [-0.4, -0.2) is 24.5 Å². The van der Waals surface area contributed by atoms with Crippen molar-refractivity contribution in [2.75, 3.05) is 19.3 Å². The Bertz CT molecular complexity index is 377. The van der Waals surface area contributed by atoms with E-state index in [9.17, 15) is 0 Å². The average molecular weight is 274 g/mol. The molecule has 0 aromatic heterocycles. The van der Waals surface area contributed by atoms with E-state index in [4.69, 9.17) is 5.73 Å². The lowest BCUT2D eigenvalue weighted by atomic mass is 9.84. The van der Waals surface area contributed by atoms with Crippen LogP contribution in [0, 0.1) is 5.92 Å². The maximum atomic E-state index is 5.72. The van der Waals surface area contributed by atoms with Crippen molar-refractivity contribution in [1.82, 2.24) is 4.90 Å². The molecule has 1 saturated carbocycles. The van der Waals surface area contributed by atoms with Crippen LogP contribution in [0.1, 0.15) is 51.0 Å². The van der Waals surface area contributed by atoms with E-state index in [1.54, 1.807) is 0 Å². The fourth-order valence-electron chi connectivity index (χ4n) is 3.39. The molecule has 0 aliphatic heterocycles. The van der Waals surface area contributed by atoms with Gasteiger partial charge in [0.1, 0.15) is 0 Å². The van der Waals surface area contributed by atoms with E-state index in [0.717, 1.165) is 24.1 Å². The fraction of sp³-hybridized carbons (Fsp3) is 0.667. The van der Waals surface area contributed by atoms with Crippen molar-refractivity contribution in [1.29, 1.82) is 0 Å². The topological polar surface area (TPSA) is 29.3 Å². The highest BCUT2D eigenvalue weighted by Gasteiger charge is 2.22. The lowest BCUT2D eigenvalue weighted by molar-refractivity contribution is 0.162. The number of nitrogens with zero attached hydrogens (tertiary/aromatic N) is 1. The predicted octanol–water partition coefficient (Wildman–Crippen LogP) is 4.10. The second-order valence-corrected chi connectivity index (χ2v) is 6.41. The Kier molecular flexibility index (Phi) is 5.90. The van der Waals surface area contributed by atoms with Crippen LogP contribution in [0.5, 0.6) is 0 Å². The Morgan fingerprint density at radius 2 is 1.75 bits per heavy atom. The minimum Gasteiger partial charge on any atom is -0.399 e. The molecule has 0 radical (unpaired) electrons. The first-order valence-electron chi connectivity index (χ1n) is 8.23. The summed E-state index contributed by atoms with van der Waals surface area (Å²) < 4.78 is 0. The molecule has 112 valence electrons. The van der Waals surface area contributed by atoms with Gasteiger partial charge < -0.3 is 10.6 Å². The number of hydrogen-bond acceptors (Lipinski definition) is 2. The van der Waals surface area contributed by atoms with Gasteiger partial charge >= 0.3 is 0 Å². The first-order valence-corrected chi connectivity index (χ1v) is 8.23. The molecule has 0 bridgehead atoms. The zero-order valence-electron chi connectivity index (χ0n) is 13.1. The summed E-state index contributed by atoms with van der Waals surface area (Å²) in [7, 11) is 2.31. The van der Waals surface area contributed by atoms with E-state index in [1.165, 1.54) is 50.6 Å². The van der Waals surface area contributed by atoms with Crippen LogP contribution in [0.25, 0.3) is 0 Å². The van der Waals surface area contributed by atoms with Gasteiger partial charge in [-0.15, -0.1) is 0 Å². The molecule has 0 unspecified atom stereocenters. The van der Waals surface area contributed by atoms with Gasteiger partial charge in [0.2, 0.25) is 0 Å². The van der Waals surface area contributed by atoms with Crippen molar-refractivity contribution >= 4 is 5.69 Å². The maximum Gasteiger partial charge on any atom is 0.0314 e. The molecule has 1 aliphatic carbocycles. The first-order chi connectivity index (χ1) is 9.69.